The minimum Gasteiger partial charge on any atom is -0.449 e. The summed E-state index contributed by atoms with van der Waals surface area (Å²) in [4.78, 5) is 12.2. The topological polar surface area (TPSA) is 67.8 Å². The van der Waals surface area contributed by atoms with E-state index in [4.69, 9.17) is 9.47 Å². The van der Waals surface area contributed by atoms with Crippen LogP contribution in [0.3, 0.4) is 0 Å². The van der Waals surface area contributed by atoms with Crippen molar-refractivity contribution < 1.29 is 19.4 Å². The Balaban J connectivity index is 1.45. The molecule has 0 bridgehead atoms. The molecule has 1 aliphatic heterocycles. The third kappa shape index (κ3) is 3.01. The first kappa shape index (κ1) is 16.1. The molecule has 2 atom stereocenters. The van der Waals surface area contributed by atoms with Gasteiger partial charge in [0.25, 0.3) is 0 Å². The van der Waals surface area contributed by atoms with E-state index in [0.29, 0.717) is 13.2 Å². The van der Waals surface area contributed by atoms with Crippen LogP contribution in [0.1, 0.15) is 17.0 Å². The van der Waals surface area contributed by atoms with Gasteiger partial charge in [-0.25, -0.2) is 4.79 Å². The number of aliphatic hydroxyl groups excluding tert-OH is 1. The van der Waals surface area contributed by atoms with Crippen molar-refractivity contribution in [1.82, 2.24) is 5.32 Å². The maximum Gasteiger partial charge on any atom is 0.407 e. The SMILES string of the molecule is O=C(N[C@H]1COC[C@H]1CO)OCC1c2ccccc2-c2ccccc21. The second-order valence-electron chi connectivity index (χ2n) is 6.56. The predicted molar refractivity (Wildman–Crippen MR) is 93.4 cm³/mol. The average Bonchev–Trinajstić information content (AvgIpc) is 3.22. The Hall–Kier alpha value is -2.37. The summed E-state index contributed by atoms with van der Waals surface area (Å²) in [5.41, 5.74) is 4.79. The Morgan fingerprint density at radius 2 is 1.72 bits per heavy atom. The van der Waals surface area contributed by atoms with E-state index in [1.165, 1.54) is 22.3 Å². The molecule has 2 aromatic rings. The number of alkyl carbamates (subject to hydrolysis) is 1. The second kappa shape index (κ2) is 6.86. The molecule has 130 valence electrons. The Kier molecular flexibility index (Phi) is 4.42. The molecule has 5 heteroatoms. The monoisotopic (exact) mass is 339 g/mol. The van der Waals surface area contributed by atoms with Crippen molar-refractivity contribution in [2.75, 3.05) is 26.4 Å². The minimum absolute atomic E-state index is 0.00563. The summed E-state index contributed by atoms with van der Waals surface area (Å²) in [6.07, 6.45) is -0.462. The lowest BCUT2D eigenvalue weighted by molar-refractivity contribution is 0.133. The summed E-state index contributed by atoms with van der Waals surface area (Å²) < 4.78 is 10.8. The minimum atomic E-state index is -0.462. The highest BCUT2D eigenvalue weighted by atomic mass is 16.5. The number of hydrogen-bond acceptors (Lipinski definition) is 4. The van der Waals surface area contributed by atoms with Gasteiger partial charge in [-0.2, -0.15) is 0 Å². The molecule has 4 rings (SSSR count). The molecule has 2 aliphatic rings. The van der Waals surface area contributed by atoms with Gasteiger partial charge in [-0.05, 0) is 22.3 Å². The second-order valence-corrected chi connectivity index (χ2v) is 6.56. The van der Waals surface area contributed by atoms with E-state index in [9.17, 15) is 9.90 Å². The quantitative estimate of drug-likeness (QED) is 0.898. The van der Waals surface area contributed by atoms with Crippen LogP contribution in [0, 0.1) is 5.92 Å². The number of carbonyl (C=O) groups is 1. The van der Waals surface area contributed by atoms with Crippen LogP contribution in [0.25, 0.3) is 11.1 Å². The number of ether oxygens (including phenoxy) is 2. The van der Waals surface area contributed by atoms with Crippen molar-refractivity contribution in [2.24, 2.45) is 5.92 Å². The molecule has 2 aromatic carbocycles. The summed E-state index contributed by atoms with van der Waals surface area (Å²) in [7, 11) is 0. The maximum atomic E-state index is 12.2. The molecule has 0 radical (unpaired) electrons. The lowest BCUT2D eigenvalue weighted by Gasteiger charge is -2.18. The maximum absolute atomic E-state index is 12.2. The average molecular weight is 339 g/mol. The highest BCUT2D eigenvalue weighted by molar-refractivity contribution is 5.79. The van der Waals surface area contributed by atoms with Crippen LogP contribution in [0.5, 0.6) is 0 Å². The third-order valence-electron chi connectivity index (χ3n) is 5.08. The van der Waals surface area contributed by atoms with Crippen molar-refractivity contribution >= 4 is 6.09 Å². The fourth-order valence-corrected chi connectivity index (χ4v) is 3.73. The van der Waals surface area contributed by atoms with Crippen LogP contribution in [0.2, 0.25) is 0 Å². The number of nitrogens with one attached hydrogen (secondary N) is 1. The van der Waals surface area contributed by atoms with Gasteiger partial charge < -0.3 is 19.9 Å². The Morgan fingerprint density at radius 1 is 1.08 bits per heavy atom. The van der Waals surface area contributed by atoms with E-state index < -0.39 is 6.09 Å². The fraction of sp³-hybridized carbons (Fsp3) is 0.350. The molecule has 1 aliphatic carbocycles. The highest BCUT2D eigenvalue weighted by Crippen LogP contribution is 2.44. The standard InChI is InChI=1S/C20H21NO4/c22-9-13-10-24-12-19(13)21-20(23)25-11-18-16-7-3-1-5-14(16)15-6-2-4-8-17(15)18/h1-8,13,18-19,22H,9-12H2,(H,21,23)/t13-,19+/m1/s1. The Bertz CT molecular complexity index is 730. The molecular weight excluding hydrogens is 318 g/mol. The lowest BCUT2D eigenvalue weighted by Crippen LogP contribution is -2.41. The van der Waals surface area contributed by atoms with Crippen LogP contribution in [0.15, 0.2) is 48.5 Å². The zero-order chi connectivity index (χ0) is 17.2. The first-order chi connectivity index (χ1) is 12.3. The van der Waals surface area contributed by atoms with Gasteiger partial charge in [-0.15, -0.1) is 0 Å². The van der Waals surface area contributed by atoms with Crippen LogP contribution < -0.4 is 5.32 Å². The first-order valence-electron chi connectivity index (χ1n) is 8.58. The number of carbonyl (C=O) groups excluding carboxylic acids is 1. The van der Waals surface area contributed by atoms with E-state index in [0.717, 1.165) is 0 Å². The molecule has 0 spiro atoms. The molecule has 2 N–H and O–H groups in total. The fourth-order valence-electron chi connectivity index (χ4n) is 3.73. The molecule has 5 nitrogen and oxygen atoms in total. The van der Waals surface area contributed by atoms with Gasteiger partial charge in [0, 0.05) is 11.8 Å². The molecule has 25 heavy (non-hydrogen) atoms. The van der Waals surface area contributed by atoms with Crippen molar-refractivity contribution in [3.8, 4) is 11.1 Å². The van der Waals surface area contributed by atoms with Crippen LogP contribution in [0.4, 0.5) is 4.79 Å². The molecule has 0 unspecified atom stereocenters. The number of rotatable bonds is 4. The predicted octanol–water partition coefficient (Wildman–Crippen LogP) is 2.53. The number of aliphatic hydroxyl groups is 1. The van der Waals surface area contributed by atoms with Gasteiger partial charge in [0.1, 0.15) is 6.61 Å². The summed E-state index contributed by atoms with van der Waals surface area (Å²) in [5.74, 6) is -0.0212. The molecule has 1 fully saturated rings. The number of amides is 1. The van der Waals surface area contributed by atoms with Crippen molar-refractivity contribution in [1.29, 1.82) is 0 Å². The highest BCUT2D eigenvalue weighted by Gasteiger charge is 2.31. The Labute approximate surface area is 146 Å². The molecular formula is C20H21NO4. The van der Waals surface area contributed by atoms with Crippen LogP contribution >= 0.6 is 0 Å². The summed E-state index contributed by atoms with van der Waals surface area (Å²) >= 11 is 0. The van der Waals surface area contributed by atoms with Crippen LogP contribution in [-0.2, 0) is 9.47 Å². The van der Waals surface area contributed by atoms with E-state index in [1.807, 2.05) is 24.3 Å². The van der Waals surface area contributed by atoms with Crippen molar-refractivity contribution in [3.63, 3.8) is 0 Å². The molecule has 1 heterocycles. The zero-order valence-electron chi connectivity index (χ0n) is 13.9. The van der Waals surface area contributed by atoms with Crippen molar-refractivity contribution in [2.45, 2.75) is 12.0 Å². The largest absolute Gasteiger partial charge is 0.449 e. The van der Waals surface area contributed by atoms with E-state index in [1.54, 1.807) is 0 Å². The number of fused-ring (bicyclic) bond motifs is 3. The van der Waals surface area contributed by atoms with Gasteiger partial charge in [-0.3, -0.25) is 0 Å². The van der Waals surface area contributed by atoms with Crippen LogP contribution in [-0.4, -0.2) is 43.7 Å². The normalized spacial score (nSPS) is 21.6. The van der Waals surface area contributed by atoms with Gasteiger partial charge in [-0.1, -0.05) is 48.5 Å². The molecule has 0 aromatic heterocycles. The summed E-state index contributed by atoms with van der Waals surface area (Å²) in [6.45, 7) is 1.16. The van der Waals surface area contributed by atoms with Gasteiger partial charge in [0.2, 0.25) is 0 Å². The van der Waals surface area contributed by atoms with Gasteiger partial charge >= 0.3 is 6.09 Å². The third-order valence-corrected chi connectivity index (χ3v) is 5.08. The smallest absolute Gasteiger partial charge is 0.407 e. The first-order valence-corrected chi connectivity index (χ1v) is 8.58. The molecule has 0 saturated carbocycles. The Morgan fingerprint density at radius 3 is 2.36 bits per heavy atom. The number of benzene rings is 2. The van der Waals surface area contributed by atoms with E-state index in [-0.39, 0.29) is 31.1 Å². The van der Waals surface area contributed by atoms with E-state index >= 15 is 0 Å². The summed E-state index contributed by atoms with van der Waals surface area (Å²) in [5, 5.41) is 12.1. The van der Waals surface area contributed by atoms with Crippen molar-refractivity contribution in [3.05, 3.63) is 59.7 Å². The van der Waals surface area contributed by atoms with Gasteiger partial charge in [0.05, 0.1) is 25.9 Å². The molecule has 1 amide bonds. The van der Waals surface area contributed by atoms with Gasteiger partial charge in [0.15, 0.2) is 0 Å². The lowest BCUT2D eigenvalue weighted by atomic mass is 9.98. The molecule has 1 saturated heterocycles. The number of hydrogen-bond donors (Lipinski definition) is 2. The zero-order valence-corrected chi connectivity index (χ0v) is 13.9. The van der Waals surface area contributed by atoms with E-state index in [2.05, 4.69) is 29.6 Å². The summed E-state index contributed by atoms with van der Waals surface area (Å²) in [6, 6.07) is 16.3.